The Balaban J connectivity index is 1.13. The smallest absolute Gasteiger partial charge is 0.0540 e. The monoisotopic (exact) mass is 773 g/mol. The summed E-state index contributed by atoms with van der Waals surface area (Å²) >= 11 is 1.87. The molecule has 0 spiro atoms. The summed E-state index contributed by atoms with van der Waals surface area (Å²) in [6.45, 7) is 4.72. The fourth-order valence-corrected chi connectivity index (χ4v) is 11.3. The van der Waals surface area contributed by atoms with Crippen molar-refractivity contribution in [2.75, 3.05) is 4.90 Å². The lowest BCUT2D eigenvalue weighted by atomic mass is 9.73. The molecule has 1 heterocycles. The van der Waals surface area contributed by atoms with Gasteiger partial charge in [-0.3, -0.25) is 0 Å². The molecule has 0 N–H and O–H groups in total. The molecule has 0 atom stereocenters. The van der Waals surface area contributed by atoms with Crippen LogP contribution in [0.15, 0.2) is 200 Å². The first-order valence-electron chi connectivity index (χ1n) is 20.9. The van der Waals surface area contributed by atoms with E-state index in [2.05, 4.69) is 219 Å². The van der Waals surface area contributed by atoms with E-state index in [4.69, 9.17) is 0 Å². The molecule has 0 unspecified atom stereocenters. The maximum atomic E-state index is 2.49. The number of rotatable bonds is 8. The second-order valence-corrected chi connectivity index (χ2v) is 16.9. The van der Waals surface area contributed by atoms with Crippen molar-refractivity contribution in [1.29, 1.82) is 0 Å². The Hall–Kier alpha value is -6.74. The van der Waals surface area contributed by atoms with Gasteiger partial charge in [-0.25, -0.2) is 0 Å². The number of hydrogen-bond donors (Lipinski definition) is 0. The van der Waals surface area contributed by atoms with E-state index in [1.807, 2.05) is 11.3 Å². The van der Waals surface area contributed by atoms with Crippen LogP contribution < -0.4 is 4.90 Å². The van der Waals surface area contributed by atoms with Crippen LogP contribution in [0.25, 0.3) is 75.5 Å². The van der Waals surface area contributed by atoms with Gasteiger partial charge in [0.15, 0.2) is 0 Å². The van der Waals surface area contributed by atoms with Gasteiger partial charge < -0.3 is 4.90 Å². The van der Waals surface area contributed by atoms with Gasteiger partial charge in [-0.15, -0.1) is 11.3 Å². The summed E-state index contributed by atoms with van der Waals surface area (Å²) in [7, 11) is 0. The molecule has 1 aliphatic carbocycles. The summed E-state index contributed by atoms with van der Waals surface area (Å²) < 4.78 is 2.60. The van der Waals surface area contributed by atoms with Crippen LogP contribution in [0.3, 0.4) is 0 Å². The predicted octanol–water partition coefficient (Wildman–Crippen LogP) is 16.8. The van der Waals surface area contributed by atoms with E-state index in [0.29, 0.717) is 0 Å². The van der Waals surface area contributed by atoms with Gasteiger partial charge in [0.1, 0.15) is 0 Å². The number of fused-ring (bicyclic) bond motifs is 7. The van der Waals surface area contributed by atoms with Crippen molar-refractivity contribution in [3.05, 3.63) is 211 Å². The van der Waals surface area contributed by atoms with Gasteiger partial charge in [-0.05, 0) is 116 Å². The first-order valence-corrected chi connectivity index (χ1v) is 21.7. The highest BCUT2D eigenvalue weighted by Gasteiger charge is 2.42. The topological polar surface area (TPSA) is 3.24 Å². The molecule has 0 bridgehead atoms. The average molecular weight is 774 g/mol. The lowest BCUT2D eigenvalue weighted by Crippen LogP contribution is -2.23. The molecule has 1 aromatic heterocycles. The van der Waals surface area contributed by atoms with Gasteiger partial charge in [-0.1, -0.05) is 172 Å². The lowest BCUT2D eigenvalue weighted by molar-refractivity contribution is 0.491. The van der Waals surface area contributed by atoms with E-state index in [9.17, 15) is 0 Å². The Kier molecular flexibility index (Phi) is 8.57. The predicted molar refractivity (Wildman–Crippen MR) is 255 cm³/mol. The molecule has 0 aliphatic heterocycles. The highest BCUT2D eigenvalue weighted by atomic mass is 32.1. The molecule has 0 saturated heterocycles. The van der Waals surface area contributed by atoms with Gasteiger partial charge in [0.2, 0.25) is 0 Å². The zero-order chi connectivity index (χ0) is 39.5. The third-order valence-corrected chi connectivity index (χ3v) is 14.1. The van der Waals surface area contributed by atoms with Gasteiger partial charge in [0.25, 0.3) is 0 Å². The quantitative estimate of drug-likeness (QED) is 0.149. The zero-order valence-electron chi connectivity index (χ0n) is 33.3. The van der Waals surface area contributed by atoms with Gasteiger partial charge in [-0.2, -0.15) is 0 Å². The van der Waals surface area contributed by atoms with Crippen LogP contribution in [0.2, 0.25) is 0 Å². The largest absolute Gasteiger partial charge is 0.310 e. The maximum absolute atomic E-state index is 2.49. The van der Waals surface area contributed by atoms with E-state index >= 15 is 0 Å². The first kappa shape index (κ1) is 35.4. The van der Waals surface area contributed by atoms with Gasteiger partial charge in [0, 0.05) is 42.5 Å². The second kappa shape index (κ2) is 14.3. The zero-order valence-corrected chi connectivity index (χ0v) is 34.1. The highest BCUT2D eigenvalue weighted by Crippen LogP contribution is 2.57. The minimum atomic E-state index is -0.00750. The number of anilines is 3. The number of hydrogen-bond acceptors (Lipinski definition) is 2. The molecule has 9 aromatic carbocycles. The Labute approximate surface area is 350 Å². The third-order valence-electron chi connectivity index (χ3n) is 13.0. The summed E-state index contributed by atoms with van der Waals surface area (Å²) in [6, 6.07) is 74.3. The van der Waals surface area contributed by atoms with Crippen LogP contribution in [0.4, 0.5) is 17.1 Å². The molecule has 11 rings (SSSR count). The summed E-state index contributed by atoms with van der Waals surface area (Å²) in [6.07, 6.45) is 2.13. The highest BCUT2D eigenvalue weighted by molar-refractivity contribution is 7.25. The van der Waals surface area contributed by atoms with Crippen LogP contribution in [0.1, 0.15) is 37.8 Å². The fraction of sp³-hybridized carbons (Fsp3) is 0.0877. The molecule has 1 nitrogen and oxygen atoms in total. The molecule has 0 fully saturated rings. The van der Waals surface area contributed by atoms with Crippen LogP contribution in [-0.2, 0) is 5.41 Å². The Morgan fingerprint density at radius 3 is 1.81 bits per heavy atom. The van der Waals surface area contributed by atoms with Crippen molar-refractivity contribution >= 4 is 59.3 Å². The van der Waals surface area contributed by atoms with Crippen molar-refractivity contribution in [3.8, 4) is 44.5 Å². The van der Waals surface area contributed by atoms with Gasteiger partial charge >= 0.3 is 0 Å². The molecule has 59 heavy (non-hydrogen) atoms. The summed E-state index contributed by atoms with van der Waals surface area (Å²) in [5.41, 5.74) is 16.5. The molecule has 282 valence electrons. The molecule has 2 heteroatoms. The summed E-state index contributed by atoms with van der Waals surface area (Å²) in [5.74, 6) is 0. The first-order chi connectivity index (χ1) is 29.2. The van der Waals surface area contributed by atoms with E-state index in [1.165, 1.54) is 86.6 Å². The molecule has 1 aliphatic rings. The SMILES string of the molecule is CCC1(CC)c2ccccc2-c2c1cc1ccccc1c2-c1ccc(N(c2ccc3c(c2)sc2ccccc23)c2ccccc2-c2ccccc2-c2ccccc2)cc1. The maximum Gasteiger partial charge on any atom is 0.0540 e. The summed E-state index contributed by atoms with van der Waals surface area (Å²) in [4.78, 5) is 2.47. The normalized spacial score (nSPS) is 12.8. The number of thiophene rings is 1. The van der Waals surface area contributed by atoms with Crippen LogP contribution in [-0.4, -0.2) is 0 Å². The van der Waals surface area contributed by atoms with E-state index in [-0.39, 0.29) is 5.41 Å². The number of benzene rings is 9. The van der Waals surface area contributed by atoms with E-state index in [1.54, 1.807) is 0 Å². The van der Waals surface area contributed by atoms with Crippen molar-refractivity contribution in [3.63, 3.8) is 0 Å². The van der Waals surface area contributed by atoms with Crippen molar-refractivity contribution in [2.45, 2.75) is 32.1 Å². The van der Waals surface area contributed by atoms with Crippen molar-refractivity contribution in [2.24, 2.45) is 0 Å². The third kappa shape index (κ3) is 5.58. The molecular weight excluding hydrogens is 731 g/mol. The van der Waals surface area contributed by atoms with E-state index < -0.39 is 0 Å². The molecule has 0 amide bonds. The molecule has 0 saturated carbocycles. The molecule has 0 radical (unpaired) electrons. The standard InChI is InChI=1S/C57H43NS/c1-3-57(4-2)50-27-15-12-26-49(50)56-51(57)36-40-20-8-9-22-44(40)55(56)39-30-32-41(33-31-39)58(42-34-35-48-47-25-14-17-29-53(47)59-54(48)37-42)52-28-16-13-24-46(52)45-23-11-10-21-43(45)38-18-6-5-7-19-38/h5-37H,3-4H2,1-2H3. The minimum Gasteiger partial charge on any atom is -0.310 e. The number of para-hydroxylation sites is 1. The Morgan fingerprint density at radius 2 is 1.02 bits per heavy atom. The average Bonchev–Trinajstić information content (AvgIpc) is 3.82. The van der Waals surface area contributed by atoms with Crippen LogP contribution >= 0.6 is 11.3 Å². The molecule has 10 aromatic rings. The van der Waals surface area contributed by atoms with Crippen LogP contribution in [0.5, 0.6) is 0 Å². The molecular formula is C57H43NS. The fourth-order valence-electron chi connectivity index (χ4n) is 10.1. The lowest BCUT2D eigenvalue weighted by Gasteiger charge is -2.30. The number of nitrogens with zero attached hydrogens (tertiary/aromatic N) is 1. The van der Waals surface area contributed by atoms with Gasteiger partial charge in [0.05, 0.1) is 5.69 Å². The van der Waals surface area contributed by atoms with Crippen LogP contribution in [0, 0.1) is 0 Å². The van der Waals surface area contributed by atoms with Crippen molar-refractivity contribution < 1.29 is 0 Å². The Morgan fingerprint density at radius 1 is 0.407 bits per heavy atom. The second-order valence-electron chi connectivity index (χ2n) is 15.8. The minimum absolute atomic E-state index is 0.00750. The summed E-state index contributed by atoms with van der Waals surface area (Å²) in [5, 5.41) is 5.21. The Bertz CT molecular complexity index is 3190. The van der Waals surface area contributed by atoms with E-state index in [0.717, 1.165) is 29.9 Å². The van der Waals surface area contributed by atoms with Crippen molar-refractivity contribution in [1.82, 2.24) is 0 Å².